The van der Waals surface area contributed by atoms with Gasteiger partial charge in [-0.15, -0.1) is 0 Å². The van der Waals surface area contributed by atoms with Gasteiger partial charge < -0.3 is 13.9 Å². The van der Waals surface area contributed by atoms with Crippen molar-refractivity contribution >= 4 is 39.1 Å². The molecule has 0 saturated carbocycles. The quantitative estimate of drug-likeness (QED) is 0.210. The number of ketones is 1. The number of thiazole rings is 1. The van der Waals surface area contributed by atoms with Crippen molar-refractivity contribution in [2.45, 2.75) is 33.4 Å². The van der Waals surface area contributed by atoms with Gasteiger partial charge in [0.2, 0.25) is 5.76 Å². The summed E-state index contributed by atoms with van der Waals surface area (Å²) in [5, 5.41) is 0.690. The van der Waals surface area contributed by atoms with E-state index in [9.17, 15) is 14.4 Å². The molecule has 1 unspecified atom stereocenters. The van der Waals surface area contributed by atoms with E-state index in [2.05, 4.69) is 4.98 Å². The molecule has 0 fully saturated rings. The summed E-state index contributed by atoms with van der Waals surface area (Å²) in [6.45, 7) is 5.42. The number of aromatic nitrogens is 1. The van der Waals surface area contributed by atoms with Crippen LogP contribution in [-0.2, 0) is 6.61 Å². The lowest BCUT2D eigenvalue weighted by molar-refractivity contribution is 0.0969. The number of carbonyl (C=O) groups is 2. The Kier molecular flexibility index (Phi) is 6.67. The van der Waals surface area contributed by atoms with Gasteiger partial charge in [0, 0.05) is 6.92 Å². The van der Waals surface area contributed by atoms with Crippen LogP contribution >= 0.6 is 11.3 Å². The minimum absolute atomic E-state index is 0.0445. The Bertz CT molecular complexity index is 1890. The van der Waals surface area contributed by atoms with Gasteiger partial charge in [-0.1, -0.05) is 59.4 Å². The van der Waals surface area contributed by atoms with E-state index < -0.39 is 11.9 Å². The number of carbonyl (C=O) groups excluding carboxylic acids is 2. The Morgan fingerprint density at radius 3 is 2.51 bits per heavy atom. The van der Waals surface area contributed by atoms with Crippen LogP contribution in [-0.4, -0.2) is 23.8 Å². The maximum absolute atomic E-state index is 14.0. The summed E-state index contributed by atoms with van der Waals surface area (Å²) in [4.78, 5) is 46.6. The van der Waals surface area contributed by atoms with Crippen molar-refractivity contribution < 1.29 is 23.5 Å². The molecule has 0 N–H and O–H groups in total. The predicted octanol–water partition coefficient (Wildman–Crippen LogP) is 6.41. The van der Waals surface area contributed by atoms with E-state index >= 15 is 0 Å². The van der Waals surface area contributed by atoms with E-state index in [1.807, 2.05) is 43.3 Å². The van der Waals surface area contributed by atoms with Crippen molar-refractivity contribution in [3.05, 3.63) is 116 Å². The molecule has 9 heteroatoms. The van der Waals surface area contributed by atoms with Gasteiger partial charge in [0.1, 0.15) is 12.2 Å². The number of hydrogen-bond donors (Lipinski definition) is 0. The summed E-state index contributed by atoms with van der Waals surface area (Å²) in [5.74, 6) is 0.263. The zero-order chi connectivity index (χ0) is 28.8. The fourth-order valence-corrected chi connectivity index (χ4v) is 6.11. The SMILES string of the molecule is COc1cc(C2c3c(oc4ccc(C)cc4c3=O)C(=O)N2c2nc(C)c(C(C)=O)s2)ccc1OCc1ccccc1. The summed E-state index contributed by atoms with van der Waals surface area (Å²) in [6, 6.07) is 19.5. The van der Waals surface area contributed by atoms with Crippen molar-refractivity contribution in [2.75, 3.05) is 12.0 Å². The Balaban J connectivity index is 1.51. The predicted molar refractivity (Wildman–Crippen MR) is 156 cm³/mol. The number of fused-ring (bicyclic) bond motifs is 2. The maximum Gasteiger partial charge on any atom is 0.297 e. The Labute approximate surface area is 239 Å². The molecule has 1 aliphatic rings. The molecule has 0 saturated heterocycles. The number of aryl methyl sites for hydroxylation is 2. The van der Waals surface area contributed by atoms with E-state index in [-0.39, 0.29) is 22.5 Å². The molecule has 8 nitrogen and oxygen atoms in total. The number of Topliss-reactive ketones (excluding diaryl/α,β-unsaturated/α-hetero) is 1. The van der Waals surface area contributed by atoms with E-state index in [0.29, 0.717) is 50.3 Å². The molecular formula is C32H26N2O6S. The van der Waals surface area contributed by atoms with Gasteiger partial charge in [-0.05, 0) is 49.2 Å². The summed E-state index contributed by atoms with van der Waals surface area (Å²) < 4.78 is 17.8. The van der Waals surface area contributed by atoms with Gasteiger partial charge in [0.15, 0.2) is 27.8 Å². The molecular weight excluding hydrogens is 540 g/mol. The van der Waals surface area contributed by atoms with Crippen LogP contribution in [0.5, 0.6) is 11.5 Å². The largest absolute Gasteiger partial charge is 0.493 e. The molecule has 206 valence electrons. The minimum Gasteiger partial charge on any atom is -0.493 e. The van der Waals surface area contributed by atoms with Crippen LogP contribution in [0.3, 0.4) is 0 Å². The van der Waals surface area contributed by atoms with Crippen molar-refractivity contribution in [1.29, 1.82) is 0 Å². The smallest absolute Gasteiger partial charge is 0.297 e. The minimum atomic E-state index is -0.860. The number of amides is 1. The summed E-state index contributed by atoms with van der Waals surface area (Å²) >= 11 is 1.11. The molecule has 3 aromatic carbocycles. The van der Waals surface area contributed by atoms with E-state index in [1.54, 1.807) is 37.3 Å². The number of benzene rings is 3. The molecule has 5 aromatic rings. The standard InChI is InChI=1S/C32H26N2O6S/c1-17-10-12-23-22(14-17)28(36)26-27(34(31(37)29(26)40-23)32-33-18(2)30(41-32)19(3)35)21-11-13-24(25(15-21)38-4)39-16-20-8-6-5-7-9-20/h5-15,27H,16H2,1-4H3. The highest BCUT2D eigenvalue weighted by Crippen LogP contribution is 2.45. The number of methoxy groups -OCH3 is 1. The number of rotatable bonds is 7. The molecule has 6 rings (SSSR count). The molecule has 1 amide bonds. The van der Waals surface area contributed by atoms with Crippen LogP contribution < -0.4 is 19.8 Å². The van der Waals surface area contributed by atoms with Crippen molar-refractivity contribution in [3.8, 4) is 11.5 Å². The molecule has 0 spiro atoms. The first kappa shape index (κ1) is 26.5. The average molecular weight is 567 g/mol. The van der Waals surface area contributed by atoms with Crippen LogP contribution in [0.15, 0.2) is 75.9 Å². The van der Waals surface area contributed by atoms with Gasteiger partial charge in [-0.25, -0.2) is 4.98 Å². The fourth-order valence-electron chi connectivity index (χ4n) is 5.12. The van der Waals surface area contributed by atoms with E-state index in [0.717, 1.165) is 22.5 Å². The fraction of sp³-hybridized carbons (Fsp3) is 0.188. The second-order valence-corrected chi connectivity index (χ2v) is 10.9. The van der Waals surface area contributed by atoms with Gasteiger partial charge in [0.05, 0.1) is 34.7 Å². The lowest BCUT2D eigenvalue weighted by Gasteiger charge is -2.23. The van der Waals surface area contributed by atoms with Crippen LogP contribution in [0.25, 0.3) is 11.0 Å². The number of ether oxygens (including phenoxy) is 2. The summed E-state index contributed by atoms with van der Waals surface area (Å²) in [5.41, 5.74) is 3.26. The first-order valence-corrected chi connectivity index (χ1v) is 13.8. The molecule has 0 aliphatic carbocycles. The molecule has 1 atom stereocenters. The summed E-state index contributed by atoms with van der Waals surface area (Å²) in [7, 11) is 1.54. The van der Waals surface area contributed by atoms with Crippen LogP contribution in [0, 0.1) is 13.8 Å². The number of hydrogen-bond acceptors (Lipinski definition) is 8. The van der Waals surface area contributed by atoms with Gasteiger partial charge in [0.25, 0.3) is 5.91 Å². The highest BCUT2D eigenvalue weighted by atomic mass is 32.1. The van der Waals surface area contributed by atoms with Crippen LogP contribution in [0.2, 0.25) is 0 Å². The first-order chi connectivity index (χ1) is 19.8. The zero-order valence-electron chi connectivity index (χ0n) is 22.9. The monoisotopic (exact) mass is 566 g/mol. The molecule has 41 heavy (non-hydrogen) atoms. The zero-order valence-corrected chi connectivity index (χ0v) is 23.7. The van der Waals surface area contributed by atoms with Gasteiger partial charge >= 0.3 is 0 Å². The lowest BCUT2D eigenvalue weighted by atomic mass is 9.98. The highest BCUT2D eigenvalue weighted by molar-refractivity contribution is 7.17. The van der Waals surface area contributed by atoms with E-state index in [4.69, 9.17) is 13.9 Å². The average Bonchev–Trinajstić information content (AvgIpc) is 3.50. The van der Waals surface area contributed by atoms with Gasteiger partial charge in [-0.3, -0.25) is 19.3 Å². The lowest BCUT2D eigenvalue weighted by Crippen LogP contribution is -2.29. The molecule has 0 bridgehead atoms. The van der Waals surface area contributed by atoms with E-state index in [1.165, 1.54) is 18.9 Å². The summed E-state index contributed by atoms with van der Waals surface area (Å²) in [6.07, 6.45) is 0. The maximum atomic E-state index is 14.0. The van der Waals surface area contributed by atoms with Crippen LogP contribution in [0.1, 0.15) is 61.1 Å². The third-order valence-corrected chi connectivity index (χ3v) is 8.33. The highest BCUT2D eigenvalue weighted by Gasteiger charge is 2.45. The molecule has 1 aliphatic heterocycles. The third kappa shape index (κ3) is 4.58. The normalized spacial score (nSPS) is 14.4. The van der Waals surface area contributed by atoms with Crippen molar-refractivity contribution in [1.82, 2.24) is 4.98 Å². The second-order valence-electron chi connectivity index (χ2n) is 9.90. The first-order valence-electron chi connectivity index (χ1n) is 13.0. The van der Waals surface area contributed by atoms with Crippen molar-refractivity contribution in [2.24, 2.45) is 0 Å². The van der Waals surface area contributed by atoms with Crippen molar-refractivity contribution in [3.63, 3.8) is 0 Å². The molecule has 3 heterocycles. The number of nitrogens with zero attached hydrogens (tertiary/aromatic N) is 2. The topological polar surface area (TPSA) is 98.9 Å². The third-order valence-electron chi connectivity index (χ3n) is 7.08. The second kappa shape index (κ2) is 10.3. The molecule has 0 radical (unpaired) electrons. The van der Waals surface area contributed by atoms with Gasteiger partial charge in [-0.2, -0.15) is 0 Å². The Morgan fingerprint density at radius 2 is 1.80 bits per heavy atom. The molecule has 2 aromatic heterocycles. The number of anilines is 1. The Morgan fingerprint density at radius 1 is 1.02 bits per heavy atom. The van der Waals surface area contributed by atoms with Crippen LogP contribution in [0.4, 0.5) is 5.13 Å². The Hall–Kier alpha value is -4.76.